The molecule has 4 rings (SSSR count). The number of aromatic nitrogens is 2. The first-order valence-electron chi connectivity index (χ1n) is 7.13. The van der Waals surface area contributed by atoms with Crippen molar-refractivity contribution in [1.29, 1.82) is 0 Å². The summed E-state index contributed by atoms with van der Waals surface area (Å²) in [6.45, 7) is 0. The third kappa shape index (κ3) is 2.19. The van der Waals surface area contributed by atoms with Gasteiger partial charge in [0.15, 0.2) is 0 Å². The molecule has 7 heteroatoms. The van der Waals surface area contributed by atoms with Gasteiger partial charge in [0.25, 0.3) is 5.56 Å². The Bertz CT molecular complexity index is 1150. The van der Waals surface area contributed by atoms with Gasteiger partial charge in [-0.05, 0) is 36.4 Å². The summed E-state index contributed by atoms with van der Waals surface area (Å²) in [6.07, 6.45) is 0. The maximum absolute atomic E-state index is 12.4. The number of benzene rings is 2. The third-order valence-electron chi connectivity index (χ3n) is 3.78. The van der Waals surface area contributed by atoms with Gasteiger partial charge in [-0.25, -0.2) is 4.98 Å². The summed E-state index contributed by atoms with van der Waals surface area (Å²) in [5.41, 5.74) is 7.63. The van der Waals surface area contributed by atoms with Crippen LogP contribution in [0.4, 0.5) is 5.69 Å². The van der Waals surface area contributed by atoms with Gasteiger partial charge in [0.05, 0.1) is 17.5 Å². The van der Waals surface area contributed by atoms with E-state index in [2.05, 4.69) is 9.97 Å². The molecule has 0 spiro atoms. The number of ether oxygens (including phenoxy) is 1. The fourth-order valence-electron chi connectivity index (χ4n) is 2.61. The third-order valence-corrected chi connectivity index (χ3v) is 4.09. The number of nitrogen functional groups attached to an aromatic ring is 1. The van der Waals surface area contributed by atoms with Gasteiger partial charge < -0.3 is 19.9 Å². The first-order chi connectivity index (χ1) is 11.6. The lowest BCUT2D eigenvalue weighted by molar-refractivity contribution is 0.415. The van der Waals surface area contributed by atoms with E-state index in [1.807, 2.05) is 0 Å². The molecule has 0 fully saturated rings. The van der Waals surface area contributed by atoms with Gasteiger partial charge in [-0.3, -0.25) is 4.79 Å². The molecule has 4 aromatic rings. The van der Waals surface area contributed by atoms with Gasteiger partial charge in [-0.15, -0.1) is 0 Å². The van der Waals surface area contributed by atoms with Crippen LogP contribution in [-0.2, 0) is 0 Å². The van der Waals surface area contributed by atoms with Crippen LogP contribution in [0, 0.1) is 0 Å². The molecule has 2 aromatic carbocycles. The molecule has 120 valence electrons. The van der Waals surface area contributed by atoms with Crippen molar-refractivity contribution in [3.05, 3.63) is 51.8 Å². The van der Waals surface area contributed by atoms with Crippen LogP contribution in [0.2, 0.25) is 5.02 Å². The number of fused-ring (bicyclic) bond motifs is 3. The van der Waals surface area contributed by atoms with Crippen molar-refractivity contribution in [2.45, 2.75) is 0 Å². The van der Waals surface area contributed by atoms with Crippen molar-refractivity contribution in [3.63, 3.8) is 0 Å². The Morgan fingerprint density at radius 3 is 2.83 bits per heavy atom. The van der Waals surface area contributed by atoms with E-state index in [9.17, 15) is 4.79 Å². The number of anilines is 1. The number of nitrogens with zero attached hydrogens (tertiary/aromatic N) is 1. The Kier molecular flexibility index (Phi) is 3.21. The predicted octanol–water partition coefficient (Wildman–Crippen LogP) is 3.58. The molecule has 24 heavy (non-hydrogen) atoms. The van der Waals surface area contributed by atoms with E-state index in [0.29, 0.717) is 44.3 Å². The summed E-state index contributed by atoms with van der Waals surface area (Å²) in [6, 6.07) is 10.3. The summed E-state index contributed by atoms with van der Waals surface area (Å²) in [5.74, 6) is 1.00. The van der Waals surface area contributed by atoms with Crippen molar-refractivity contribution in [3.8, 4) is 17.1 Å². The SMILES string of the molecule is COc1ccc2oc3c(=O)[nH]c(-c4ccc(N)cc4Cl)nc3c2c1. The molecular weight excluding hydrogens is 330 g/mol. The summed E-state index contributed by atoms with van der Waals surface area (Å²) >= 11 is 6.22. The van der Waals surface area contributed by atoms with Crippen LogP contribution in [0.5, 0.6) is 5.75 Å². The number of rotatable bonds is 2. The normalized spacial score (nSPS) is 11.2. The Morgan fingerprint density at radius 1 is 1.25 bits per heavy atom. The van der Waals surface area contributed by atoms with E-state index in [4.69, 9.17) is 26.5 Å². The van der Waals surface area contributed by atoms with Crippen LogP contribution in [0.25, 0.3) is 33.5 Å². The number of hydrogen-bond acceptors (Lipinski definition) is 5. The van der Waals surface area contributed by atoms with Crippen molar-refractivity contribution < 1.29 is 9.15 Å². The second-order valence-corrected chi connectivity index (χ2v) is 5.70. The maximum atomic E-state index is 12.4. The lowest BCUT2D eigenvalue weighted by Gasteiger charge is -2.04. The molecule has 0 saturated heterocycles. The van der Waals surface area contributed by atoms with E-state index in [1.54, 1.807) is 43.5 Å². The molecule has 0 aliphatic rings. The molecule has 2 heterocycles. The number of aromatic amines is 1. The lowest BCUT2D eigenvalue weighted by Crippen LogP contribution is -2.08. The molecule has 0 unspecified atom stereocenters. The van der Waals surface area contributed by atoms with Crippen LogP contribution >= 0.6 is 11.6 Å². The van der Waals surface area contributed by atoms with Crippen LogP contribution in [0.1, 0.15) is 0 Å². The number of hydrogen-bond donors (Lipinski definition) is 2. The van der Waals surface area contributed by atoms with Crippen LogP contribution in [-0.4, -0.2) is 17.1 Å². The molecule has 0 amide bonds. The van der Waals surface area contributed by atoms with Crippen LogP contribution in [0.3, 0.4) is 0 Å². The zero-order valence-electron chi connectivity index (χ0n) is 12.6. The molecule has 0 bridgehead atoms. The second kappa shape index (κ2) is 5.28. The summed E-state index contributed by atoms with van der Waals surface area (Å²) in [5, 5.41) is 1.10. The lowest BCUT2D eigenvalue weighted by atomic mass is 10.2. The first-order valence-corrected chi connectivity index (χ1v) is 7.50. The largest absolute Gasteiger partial charge is 0.497 e. The standard InChI is InChI=1S/C17H12ClN3O3/c1-23-9-3-5-13-11(7-9)14-15(24-13)17(22)21-16(20-14)10-4-2-8(19)6-12(10)18/h2-7H,19H2,1H3,(H,20,21,22). The minimum atomic E-state index is -0.377. The smallest absolute Gasteiger partial charge is 0.294 e. The molecule has 3 N–H and O–H groups in total. The quantitative estimate of drug-likeness (QED) is 0.543. The van der Waals surface area contributed by atoms with Crippen LogP contribution < -0.4 is 16.0 Å². The van der Waals surface area contributed by atoms with Gasteiger partial charge in [-0.2, -0.15) is 0 Å². The molecule has 0 atom stereocenters. The highest BCUT2D eigenvalue weighted by Gasteiger charge is 2.16. The number of methoxy groups -OCH3 is 1. The summed E-state index contributed by atoms with van der Waals surface area (Å²) in [4.78, 5) is 19.6. The predicted molar refractivity (Wildman–Crippen MR) is 93.5 cm³/mol. The summed E-state index contributed by atoms with van der Waals surface area (Å²) in [7, 11) is 1.57. The van der Waals surface area contributed by atoms with E-state index < -0.39 is 0 Å². The zero-order valence-corrected chi connectivity index (χ0v) is 13.3. The van der Waals surface area contributed by atoms with E-state index >= 15 is 0 Å². The molecule has 0 aliphatic carbocycles. The number of nitrogens with one attached hydrogen (secondary N) is 1. The number of furan rings is 1. The zero-order chi connectivity index (χ0) is 16.8. The van der Waals surface area contributed by atoms with Crippen molar-refractivity contribution in [2.75, 3.05) is 12.8 Å². The molecule has 2 aromatic heterocycles. The highest BCUT2D eigenvalue weighted by molar-refractivity contribution is 6.33. The minimum absolute atomic E-state index is 0.161. The molecule has 0 saturated carbocycles. The van der Waals surface area contributed by atoms with Gasteiger partial charge >= 0.3 is 0 Å². The topological polar surface area (TPSA) is 94.1 Å². The fraction of sp³-hybridized carbons (Fsp3) is 0.0588. The minimum Gasteiger partial charge on any atom is -0.497 e. The van der Waals surface area contributed by atoms with Gasteiger partial charge in [0.2, 0.25) is 5.58 Å². The van der Waals surface area contributed by atoms with E-state index in [0.717, 1.165) is 0 Å². The maximum Gasteiger partial charge on any atom is 0.294 e. The Hall–Kier alpha value is -2.99. The summed E-state index contributed by atoms with van der Waals surface area (Å²) < 4.78 is 10.8. The van der Waals surface area contributed by atoms with Crippen molar-refractivity contribution >= 4 is 39.4 Å². The van der Waals surface area contributed by atoms with Crippen molar-refractivity contribution in [1.82, 2.24) is 9.97 Å². The van der Waals surface area contributed by atoms with Crippen molar-refractivity contribution in [2.24, 2.45) is 0 Å². The Morgan fingerprint density at radius 2 is 2.08 bits per heavy atom. The molecule has 6 nitrogen and oxygen atoms in total. The molecular formula is C17H12ClN3O3. The first kappa shape index (κ1) is 14.6. The average Bonchev–Trinajstić information content (AvgIpc) is 2.93. The van der Waals surface area contributed by atoms with E-state index in [-0.39, 0.29) is 11.1 Å². The Balaban J connectivity index is 2.05. The Labute approximate surface area is 140 Å². The van der Waals surface area contributed by atoms with Gasteiger partial charge in [0, 0.05) is 11.3 Å². The van der Waals surface area contributed by atoms with Crippen LogP contribution in [0.15, 0.2) is 45.6 Å². The highest BCUT2D eigenvalue weighted by atomic mass is 35.5. The van der Waals surface area contributed by atoms with Gasteiger partial charge in [0.1, 0.15) is 22.7 Å². The fourth-order valence-corrected chi connectivity index (χ4v) is 2.89. The average molecular weight is 342 g/mol. The molecule has 0 radical (unpaired) electrons. The van der Waals surface area contributed by atoms with Gasteiger partial charge in [-0.1, -0.05) is 11.6 Å². The monoisotopic (exact) mass is 341 g/mol. The second-order valence-electron chi connectivity index (χ2n) is 5.30. The number of H-pyrrole nitrogens is 1. The number of halogens is 1. The molecule has 0 aliphatic heterocycles. The van der Waals surface area contributed by atoms with E-state index in [1.165, 1.54) is 0 Å². The number of nitrogens with two attached hydrogens (primary N) is 1. The highest BCUT2D eigenvalue weighted by Crippen LogP contribution is 2.31.